The van der Waals surface area contributed by atoms with Crippen LogP contribution in [0, 0.1) is 11.8 Å². The maximum Gasteiger partial charge on any atom is 0.0636 e. The number of hydrogen-bond donors (Lipinski definition) is 2. The summed E-state index contributed by atoms with van der Waals surface area (Å²) in [6.45, 7) is 2.63. The Morgan fingerprint density at radius 2 is 1.87 bits per heavy atom. The molecule has 0 aromatic carbocycles. The third kappa shape index (κ3) is 3.18. The zero-order chi connectivity index (χ0) is 10.7. The Bertz CT molecular complexity index is 193. The molecule has 0 amide bonds. The molecule has 0 bridgehead atoms. The Hall–Kier alpha value is -0.0800. The van der Waals surface area contributed by atoms with Gasteiger partial charge >= 0.3 is 0 Å². The van der Waals surface area contributed by atoms with Gasteiger partial charge in [-0.1, -0.05) is 25.7 Å². The van der Waals surface area contributed by atoms with E-state index in [9.17, 15) is 5.11 Å². The normalized spacial score (nSPS) is 38.4. The molecular formula is C13H25NO. The van der Waals surface area contributed by atoms with E-state index >= 15 is 0 Å². The number of aliphatic hydroxyl groups is 1. The lowest BCUT2D eigenvalue weighted by molar-refractivity contribution is 0.130. The minimum atomic E-state index is -0.200. The predicted octanol–water partition coefficient (Wildman–Crippen LogP) is 2.32. The van der Waals surface area contributed by atoms with Crippen LogP contribution in [0.15, 0.2) is 0 Å². The topological polar surface area (TPSA) is 32.3 Å². The van der Waals surface area contributed by atoms with Crippen molar-refractivity contribution >= 4 is 0 Å². The lowest BCUT2D eigenvalue weighted by Crippen LogP contribution is -2.41. The molecule has 4 atom stereocenters. The van der Waals surface area contributed by atoms with Gasteiger partial charge in [0.15, 0.2) is 0 Å². The second-order valence-electron chi connectivity index (χ2n) is 5.57. The predicted molar refractivity (Wildman–Crippen MR) is 62.8 cm³/mol. The molecule has 15 heavy (non-hydrogen) atoms. The Morgan fingerprint density at radius 3 is 2.60 bits per heavy atom. The molecule has 0 aromatic heterocycles. The van der Waals surface area contributed by atoms with Gasteiger partial charge in [-0.3, -0.25) is 0 Å². The molecule has 2 saturated carbocycles. The van der Waals surface area contributed by atoms with E-state index in [0.717, 1.165) is 18.4 Å². The first kappa shape index (κ1) is 11.4. The van der Waals surface area contributed by atoms with E-state index in [0.29, 0.717) is 6.04 Å². The fourth-order valence-electron chi connectivity index (χ4n) is 3.40. The van der Waals surface area contributed by atoms with Gasteiger partial charge in [0.2, 0.25) is 0 Å². The first-order chi connectivity index (χ1) is 7.25. The van der Waals surface area contributed by atoms with E-state index in [-0.39, 0.29) is 6.10 Å². The quantitative estimate of drug-likeness (QED) is 0.751. The summed E-state index contributed by atoms with van der Waals surface area (Å²) >= 11 is 0. The molecule has 2 fully saturated rings. The lowest BCUT2D eigenvalue weighted by Gasteiger charge is -2.39. The van der Waals surface area contributed by atoms with Crippen molar-refractivity contribution < 1.29 is 5.11 Å². The highest BCUT2D eigenvalue weighted by molar-refractivity contribution is 4.86. The third-order valence-corrected chi connectivity index (χ3v) is 4.24. The molecule has 0 aromatic rings. The van der Waals surface area contributed by atoms with Crippen LogP contribution in [-0.4, -0.2) is 23.8 Å². The van der Waals surface area contributed by atoms with Gasteiger partial charge in [0.1, 0.15) is 0 Å². The van der Waals surface area contributed by atoms with Crippen molar-refractivity contribution in [1.29, 1.82) is 0 Å². The van der Waals surface area contributed by atoms with Crippen LogP contribution < -0.4 is 5.32 Å². The highest BCUT2D eigenvalue weighted by Gasteiger charge is 2.31. The Morgan fingerprint density at radius 1 is 1.13 bits per heavy atom. The molecule has 2 N–H and O–H groups in total. The number of fused-ring (bicyclic) bond motifs is 1. The van der Waals surface area contributed by atoms with Crippen molar-refractivity contribution in [3.8, 4) is 0 Å². The van der Waals surface area contributed by atoms with Crippen molar-refractivity contribution in [2.24, 2.45) is 11.8 Å². The Balaban J connectivity index is 1.75. The Labute approximate surface area is 93.5 Å². The molecule has 0 saturated heterocycles. The van der Waals surface area contributed by atoms with Gasteiger partial charge in [-0.25, -0.2) is 0 Å². The third-order valence-electron chi connectivity index (χ3n) is 4.24. The maximum absolute atomic E-state index is 9.25. The molecule has 0 unspecified atom stereocenters. The van der Waals surface area contributed by atoms with Crippen molar-refractivity contribution in [2.45, 2.75) is 64.0 Å². The second-order valence-corrected chi connectivity index (χ2v) is 5.57. The summed E-state index contributed by atoms with van der Waals surface area (Å²) in [7, 11) is 0. The molecule has 2 heteroatoms. The summed E-state index contributed by atoms with van der Waals surface area (Å²) in [6.07, 6.45) is 9.75. The van der Waals surface area contributed by atoms with Crippen molar-refractivity contribution in [1.82, 2.24) is 5.32 Å². The van der Waals surface area contributed by atoms with E-state index in [2.05, 4.69) is 5.32 Å². The van der Waals surface area contributed by atoms with Crippen molar-refractivity contribution in [3.63, 3.8) is 0 Å². The minimum Gasteiger partial charge on any atom is -0.392 e. The molecule has 0 aliphatic heterocycles. The number of aliphatic hydroxyl groups excluding tert-OH is 1. The van der Waals surface area contributed by atoms with Crippen LogP contribution in [0.5, 0.6) is 0 Å². The lowest BCUT2D eigenvalue weighted by atomic mass is 9.69. The first-order valence-electron chi connectivity index (χ1n) is 6.67. The first-order valence-corrected chi connectivity index (χ1v) is 6.67. The standard InChI is InChI=1S/C13H25NO/c1-10(15)9-14-13-7-6-11-4-2-3-5-12(11)8-13/h10-15H,2-9H2,1H3/t10-,11+,12-,13+/m1/s1. The molecule has 0 radical (unpaired) electrons. The molecule has 2 aliphatic rings. The van der Waals surface area contributed by atoms with Crippen LogP contribution in [0.4, 0.5) is 0 Å². The van der Waals surface area contributed by atoms with Crippen LogP contribution >= 0.6 is 0 Å². The average Bonchev–Trinajstić information content (AvgIpc) is 2.26. The van der Waals surface area contributed by atoms with E-state index in [4.69, 9.17) is 0 Å². The van der Waals surface area contributed by atoms with Gasteiger partial charge in [-0.15, -0.1) is 0 Å². The minimum absolute atomic E-state index is 0.200. The fourth-order valence-corrected chi connectivity index (χ4v) is 3.40. The van der Waals surface area contributed by atoms with E-state index in [1.165, 1.54) is 44.9 Å². The number of hydrogen-bond acceptors (Lipinski definition) is 2. The van der Waals surface area contributed by atoms with Crippen LogP contribution in [0.25, 0.3) is 0 Å². The summed E-state index contributed by atoms with van der Waals surface area (Å²) < 4.78 is 0. The van der Waals surface area contributed by atoms with Gasteiger partial charge in [0.05, 0.1) is 6.10 Å². The molecule has 88 valence electrons. The maximum atomic E-state index is 9.25. The van der Waals surface area contributed by atoms with Gasteiger partial charge < -0.3 is 10.4 Å². The van der Waals surface area contributed by atoms with E-state index in [1.54, 1.807) is 0 Å². The molecule has 0 heterocycles. The largest absolute Gasteiger partial charge is 0.392 e. The van der Waals surface area contributed by atoms with Crippen molar-refractivity contribution in [2.75, 3.05) is 6.54 Å². The number of rotatable bonds is 3. The van der Waals surface area contributed by atoms with Gasteiger partial charge in [0.25, 0.3) is 0 Å². The molecule has 0 spiro atoms. The van der Waals surface area contributed by atoms with E-state index in [1.807, 2.05) is 6.92 Å². The van der Waals surface area contributed by atoms with Crippen LogP contribution in [0.3, 0.4) is 0 Å². The molecular weight excluding hydrogens is 186 g/mol. The smallest absolute Gasteiger partial charge is 0.0636 e. The van der Waals surface area contributed by atoms with Crippen molar-refractivity contribution in [3.05, 3.63) is 0 Å². The zero-order valence-corrected chi connectivity index (χ0v) is 9.91. The second kappa shape index (κ2) is 5.31. The van der Waals surface area contributed by atoms with Gasteiger partial charge in [-0.05, 0) is 38.0 Å². The highest BCUT2D eigenvalue weighted by atomic mass is 16.3. The van der Waals surface area contributed by atoms with Crippen LogP contribution in [0.1, 0.15) is 51.9 Å². The monoisotopic (exact) mass is 211 g/mol. The van der Waals surface area contributed by atoms with E-state index < -0.39 is 0 Å². The summed E-state index contributed by atoms with van der Waals surface area (Å²) in [5.74, 6) is 2.02. The summed E-state index contributed by atoms with van der Waals surface area (Å²) in [6, 6.07) is 0.680. The summed E-state index contributed by atoms with van der Waals surface area (Å²) in [4.78, 5) is 0. The molecule has 2 aliphatic carbocycles. The SMILES string of the molecule is C[C@@H](O)CN[C@H]1CC[C@@H]2CCCC[C@@H]2C1. The Kier molecular flexibility index (Phi) is 4.04. The highest BCUT2D eigenvalue weighted by Crippen LogP contribution is 2.40. The van der Waals surface area contributed by atoms with Crippen LogP contribution in [0.2, 0.25) is 0 Å². The summed E-state index contributed by atoms with van der Waals surface area (Å²) in [5.41, 5.74) is 0. The van der Waals surface area contributed by atoms with Crippen LogP contribution in [-0.2, 0) is 0 Å². The zero-order valence-electron chi connectivity index (χ0n) is 9.91. The van der Waals surface area contributed by atoms with Gasteiger partial charge in [0, 0.05) is 12.6 Å². The number of nitrogens with one attached hydrogen (secondary N) is 1. The van der Waals surface area contributed by atoms with Gasteiger partial charge in [-0.2, -0.15) is 0 Å². The summed E-state index contributed by atoms with van der Waals surface area (Å²) in [5, 5.41) is 12.8. The average molecular weight is 211 g/mol. The molecule has 2 rings (SSSR count). The fraction of sp³-hybridized carbons (Fsp3) is 1.00. The molecule has 2 nitrogen and oxygen atoms in total.